The fourth-order valence-electron chi connectivity index (χ4n) is 3.84. The topological polar surface area (TPSA) is 54.5 Å². The van der Waals surface area contributed by atoms with Crippen molar-refractivity contribution in [3.05, 3.63) is 29.8 Å². The van der Waals surface area contributed by atoms with Gasteiger partial charge in [0.2, 0.25) is 11.8 Å². The number of benzene rings is 1. The molecule has 2 amide bonds. The van der Waals surface area contributed by atoms with Gasteiger partial charge in [0.15, 0.2) is 7.85 Å². The Hall–Kier alpha value is -1.91. The van der Waals surface area contributed by atoms with Crippen molar-refractivity contribution >= 4 is 31.0 Å². The number of hydrogen-bond donors (Lipinski definition) is 0. The van der Waals surface area contributed by atoms with Gasteiger partial charge in [0, 0.05) is 11.8 Å². The number of amides is 2. The SMILES string of the molecule is BC(=O)C(C)(C)CC(C)(C)c1ccc(N2C(=O)CC(C(C)C)C2=O)cc1. The summed E-state index contributed by atoms with van der Waals surface area (Å²) in [5, 5.41) is 0. The molecule has 1 aromatic rings. The summed E-state index contributed by atoms with van der Waals surface area (Å²) in [5.74, 6) is -0.299. The van der Waals surface area contributed by atoms with Crippen molar-refractivity contribution in [1.29, 1.82) is 0 Å². The first-order valence-electron chi connectivity index (χ1n) is 9.35. The first-order chi connectivity index (χ1) is 11.9. The van der Waals surface area contributed by atoms with E-state index in [4.69, 9.17) is 0 Å². The Morgan fingerprint density at radius 2 is 1.69 bits per heavy atom. The van der Waals surface area contributed by atoms with Gasteiger partial charge in [-0.05, 0) is 35.4 Å². The summed E-state index contributed by atoms with van der Waals surface area (Å²) >= 11 is 0. The highest BCUT2D eigenvalue weighted by molar-refractivity contribution is 6.58. The van der Waals surface area contributed by atoms with Crippen LogP contribution in [-0.4, -0.2) is 25.3 Å². The van der Waals surface area contributed by atoms with Crippen LogP contribution in [-0.2, 0) is 19.8 Å². The molecule has 5 heteroatoms. The Morgan fingerprint density at radius 3 is 2.12 bits per heavy atom. The van der Waals surface area contributed by atoms with Crippen molar-refractivity contribution in [2.24, 2.45) is 17.3 Å². The molecule has 0 N–H and O–H groups in total. The molecule has 1 saturated heterocycles. The van der Waals surface area contributed by atoms with Crippen molar-refractivity contribution in [3.8, 4) is 0 Å². The molecule has 0 aromatic heterocycles. The van der Waals surface area contributed by atoms with Gasteiger partial charge in [0.1, 0.15) is 0 Å². The Morgan fingerprint density at radius 1 is 1.15 bits per heavy atom. The van der Waals surface area contributed by atoms with Crippen LogP contribution in [0, 0.1) is 17.3 Å². The van der Waals surface area contributed by atoms with Gasteiger partial charge in [-0.1, -0.05) is 53.7 Å². The predicted octanol–water partition coefficient (Wildman–Crippen LogP) is 3.08. The van der Waals surface area contributed by atoms with E-state index in [0.29, 0.717) is 5.69 Å². The van der Waals surface area contributed by atoms with Gasteiger partial charge >= 0.3 is 0 Å². The zero-order valence-electron chi connectivity index (χ0n) is 17.1. The van der Waals surface area contributed by atoms with Crippen molar-refractivity contribution in [2.45, 2.75) is 59.8 Å². The molecular weight excluding hydrogens is 325 g/mol. The quantitative estimate of drug-likeness (QED) is 0.582. The van der Waals surface area contributed by atoms with E-state index >= 15 is 0 Å². The third-order valence-corrected chi connectivity index (χ3v) is 5.73. The normalized spacial score (nSPS) is 18.7. The molecule has 0 radical (unpaired) electrons. The zero-order chi connectivity index (χ0) is 19.9. The van der Waals surface area contributed by atoms with Crippen LogP contribution in [0.1, 0.15) is 59.9 Å². The average Bonchev–Trinajstić information content (AvgIpc) is 2.81. The van der Waals surface area contributed by atoms with Gasteiger partial charge in [-0.15, -0.1) is 0 Å². The summed E-state index contributed by atoms with van der Waals surface area (Å²) in [4.78, 5) is 38.1. The van der Waals surface area contributed by atoms with Gasteiger partial charge in [0.25, 0.3) is 0 Å². The summed E-state index contributed by atoms with van der Waals surface area (Å²) in [6, 6.07) is 7.62. The summed E-state index contributed by atoms with van der Waals surface area (Å²) in [6.07, 6.45) is 1.02. The largest absolute Gasteiger partial charge is 0.311 e. The molecule has 1 heterocycles. The standard InChI is InChI=1S/C21H30BNO3/c1-13(2)16-11-17(24)23(18(16)25)15-9-7-14(8-10-15)20(3,4)12-21(5,6)19(22)26/h7-10,13,16H,11-12,22H2,1-6H3. The number of imide groups is 1. The van der Waals surface area contributed by atoms with E-state index in [2.05, 4.69) is 13.8 Å². The molecule has 2 rings (SSSR count). The van der Waals surface area contributed by atoms with Crippen LogP contribution in [0.15, 0.2) is 24.3 Å². The molecule has 1 aliphatic rings. The fraction of sp³-hybridized carbons (Fsp3) is 0.571. The lowest BCUT2D eigenvalue weighted by molar-refractivity contribution is -0.123. The highest BCUT2D eigenvalue weighted by Crippen LogP contribution is 2.38. The lowest BCUT2D eigenvalue weighted by atomic mass is 9.66. The molecule has 1 unspecified atom stereocenters. The molecular formula is C21H30BNO3. The minimum Gasteiger partial charge on any atom is -0.311 e. The van der Waals surface area contributed by atoms with Gasteiger partial charge in [-0.25, -0.2) is 0 Å². The summed E-state index contributed by atoms with van der Waals surface area (Å²) in [7, 11) is 1.63. The van der Waals surface area contributed by atoms with Gasteiger partial charge in [0.05, 0.1) is 17.3 Å². The molecule has 0 bridgehead atoms. The Balaban J connectivity index is 2.24. The van der Waals surface area contributed by atoms with E-state index in [-0.39, 0.29) is 41.2 Å². The van der Waals surface area contributed by atoms with Crippen LogP contribution < -0.4 is 4.90 Å². The second-order valence-corrected chi connectivity index (χ2v) is 9.17. The van der Waals surface area contributed by atoms with Crippen LogP contribution in [0.3, 0.4) is 0 Å². The van der Waals surface area contributed by atoms with Crippen LogP contribution in [0.2, 0.25) is 0 Å². The second kappa shape index (κ2) is 7.01. The van der Waals surface area contributed by atoms with Crippen molar-refractivity contribution in [2.75, 3.05) is 4.90 Å². The van der Waals surface area contributed by atoms with E-state index in [1.54, 1.807) is 7.85 Å². The van der Waals surface area contributed by atoms with Crippen LogP contribution in [0.4, 0.5) is 5.69 Å². The van der Waals surface area contributed by atoms with Gasteiger partial charge in [-0.3, -0.25) is 14.5 Å². The molecule has 1 atom stereocenters. The van der Waals surface area contributed by atoms with Crippen molar-refractivity contribution in [1.82, 2.24) is 0 Å². The Kier molecular flexibility index (Phi) is 5.50. The minimum atomic E-state index is -0.395. The minimum absolute atomic E-state index is 0.102. The monoisotopic (exact) mass is 355 g/mol. The number of nitrogens with zero attached hydrogens (tertiary/aromatic N) is 1. The first kappa shape index (κ1) is 20.4. The summed E-state index contributed by atoms with van der Waals surface area (Å²) < 4.78 is 0. The number of rotatable bonds is 6. The van der Waals surface area contributed by atoms with E-state index in [9.17, 15) is 14.4 Å². The maximum absolute atomic E-state index is 12.6. The maximum atomic E-state index is 12.6. The van der Waals surface area contributed by atoms with Crippen molar-refractivity contribution < 1.29 is 14.4 Å². The Labute approximate surface area is 157 Å². The number of hydrogen-bond acceptors (Lipinski definition) is 3. The van der Waals surface area contributed by atoms with Crippen LogP contribution >= 0.6 is 0 Å². The van der Waals surface area contributed by atoms with E-state index in [1.807, 2.05) is 52.0 Å². The Bertz CT molecular complexity index is 719. The molecule has 0 saturated carbocycles. The maximum Gasteiger partial charge on any atom is 0.237 e. The molecule has 26 heavy (non-hydrogen) atoms. The van der Waals surface area contributed by atoms with Gasteiger partial charge in [-0.2, -0.15) is 0 Å². The number of carbonyl (C=O) groups is 3. The van der Waals surface area contributed by atoms with E-state index in [1.165, 1.54) is 4.90 Å². The van der Waals surface area contributed by atoms with Gasteiger partial charge < -0.3 is 4.79 Å². The summed E-state index contributed by atoms with van der Waals surface area (Å²) in [5.41, 5.74) is 1.32. The predicted molar refractivity (Wildman–Crippen MR) is 107 cm³/mol. The van der Waals surface area contributed by atoms with Crippen molar-refractivity contribution in [3.63, 3.8) is 0 Å². The number of anilines is 1. The smallest absolute Gasteiger partial charge is 0.237 e. The first-order valence-corrected chi connectivity index (χ1v) is 9.35. The molecule has 0 spiro atoms. The number of carbonyl (C=O) groups excluding carboxylic acids is 3. The lowest BCUT2D eigenvalue weighted by Crippen LogP contribution is -2.33. The van der Waals surface area contributed by atoms with E-state index < -0.39 is 5.41 Å². The van der Waals surface area contributed by atoms with Crippen LogP contribution in [0.5, 0.6) is 0 Å². The average molecular weight is 355 g/mol. The molecule has 1 aliphatic heterocycles. The molecule has 4 nitrogen and oxygen atoms in total. The zero-order valence-corrected chi connectivity index (χ0v) is 17.1. The highest BCUT2D eigenvalue weighted by Gasteiger charge is 2.41. The third-order valence-electron chi connectivity index (χ3n) is 5.73. The molecule has 1 aromatic carbocycles. The fourth-order valence-corrected chi connectivity index (χ4v) is 3.84. The molecule has 1 fully saturated rings. The van der Waals surface area contributed by atoms with E-state index in [0.717, 1.165) is 12.0 Å². The lowest BCUT2D eigenvalue weighted by Gasteiger charge is -2.34. The third kappa shape index (κ3) is 3.92. The highest BCUT2D eigenvalue weighted by atomic mass is 16.2. The second-order valence-electron chi connectivity index (χ2n) is 9.17. The van der Waals surface area contributed by atoms with Crippen LogP contribution in [0.25, 0.3) is 0 Å². The molecule has 0 aliphatic carbocycles. The summed E-state index contributed by atoms with van der Waals surface area (Å²) in [6.45, 7) is 12.1. The molecule has 140 valence electrons.